The van der Waals surface area contributed by atoms with Crippen LogP contribution >= 0.6 is 0 Å². The molecular weight excluding hydrogens is 304 g/mol. The Morgan fingerprint density at radius 3 is 2.46 bits per heavy atom. The van der Waals surface area contributed by atoms with Gasteiger partial charge in [0, 0.05) is 23.9 Å². The highest BCUT2D eigenvalue weighted by Crippen LogP contribution is 2.23. The Hall–Kier alpha value is -3.47. The molecule has 3 aromatic carbocycles. The molecule has 0 aliphatic rings. The first-order valence-electron chi connectivity index (χ1n) is 7.35. The Morgan fingerprint density at radius 1 is 0.958 bits per heavy atom. The summed E-state index contributed by atoms with van der Waals surface area (Å²) in [7, 11) is 0. The molecule has 0 atom stereocenters. The van der Waals surface area contributed by atoms with Crippen molar-refractivity contribution < 1.29 is 9.72 Å². The highest BCUT2D eigenvalue weighted by atomic mass is 16.6. The van der Waals surface area contributed by atoms with E-state index in [9.17, 15) is 14.9 Å². The second-order valence-electron chi connectivity index (χ2n) is 5.18. The van der Waals surface area contributed by atoms with E-state index in [1.807, 2.05) is 36.4 Å². The van der Waals surface area contributed by atoms with E-state index in [0.717, 1.165) is 10.8 Å². The minimum absolute atomic E-state index is 0.0414. The molecule has 24 heavy (non-hydrogen) atoms. The van der Waals surface area contributed by atoms with Crippen LogP contribution in [0.5, 0.6) is 0 Å². The van der Waals surface area contributed by atoms with Crippen LogP contribution in [-0.2, 0) is 0 Å². The Kier molecular flexibility index (Phi) is 4.34. The molecule has 0 heterocycles. The highest BCUT2D eigenvalue weighted by molar-refractivity contribution is 6.06. The van der Waals surface area contributed by atoms with E-state index in [0.29, 0.717) is 11.3 Å². The number of para-hydroxylation sites is 2. The molecule has 0 saturated carbocycles. The summed E-state index contributed by atoms with van der Waals surface area (Å²) < 4.78 is 0. The van der Waals surface area contributed by atoms with Crippen molar-refractivity contribution in [2.75, 3.05) is 5.32 Å². The Labute approximate surface area is 138 Å². The maximum Gasteiger partial charge on any atom is 0.292 e. The lowest BCUT2D eigenvalue weighted by molar-refractivity contribution is -0.383. The average molecular weight is 318 g/mol. The van der Waals surface area contributed by atoms with Crippen molar-refractivity contribution in [1.29, 1.82) is 0 Å². The number of nitro groups is 1. The number of carbonyl (C=O) groups is 1. The zero-order chi connectivity index (χ0) is 16.9. The second-order valence-corrected chi connectivity index (χ2v) is 5.18. The van der Waals surface area contributed by atoms with Crippen LogP contribution in [0.2, 0.25) is 0 Å². The number of nitro benzene ring substituents is 1. The van der Waals surface area contributed by atoms with E-state index in [4.69, 9.17) is 0 Å². The molecule has 1 N–H and O–H groups in total. The fourth-order valence-corrected chi connectivity index (χ4v) is 2.40. The van der Waals surface area contributed by atoms with Gasteiger partial charge in [-0.2, -0.15) is 0 Å². The number of hydrogen-bond donors (Lipinski definition) is 1. The molecule has 0 amide bonds. The van der Waals surface area contributed by atoms with Crippen molar-refractivity contribution in [3.63, 3.8) is 0 Å². The van der Waals surface area contributed by atoms with Crippen LogP contribution in [0.4, 0.5) is 11.4 Å². The van der Waals surface area contributed by atoms with Crippen molar-refractivity contribution in [3.05, 3.63) is 94.7 Å². The van der Waals surface area contributed by atoms with Gasteiger partial charge in [-0.25, -0.2) is 0 Å². The van der Waals surface area contributed by atoms with Crippen LogP contribution in [0.15, 0.2) is 79.0 Å². The molecule has 0 bridgehead atoms. The van der Waals surface area contributed by atoms with E-state index in [1.54, 1.807) is 24.3 Å². The number of rotatable bonds is 5. The summed E-state index contributed by atoms with van der Waals surface area (Å²) in [6, 6.07) is 19.5. The Morgan fingerprint density at radius 2 is 1.67 bits per heavy atom. The fourth-order valence-electron chi connectivity index (χ4n) is 2.40. The molecule has 5 nitrogen and oxygen atoms in total. The lowest BCUT2D eigenvalue weighted by Gasteiger charge is -2.02. The molecule has 0 aromatic heterocycles. The number of carbonyl (C=O) groups excluding carboxylic acids is 1. The number of allylic oxidation sites excluding steroid dienone is 1. The average Bonchev–Trinajstić information content (AvgIpc) is 2.61. The highest BCUT2D eigenvalue weighted by Gasteiger charge is 2.10. The third-order valence-corrected chi connectivity index (χ3v) is 3.61. The van der Waals surface area contributed by atoms with Gasteiger partial charge in [0.1, 0.15) is 5.69 Å². The lowest BCUT2D eigenvalue weighted by atomic mass is 10.0. The molecule has 0 fully saturated rings. The number of ketones is 1. The third kappa shape index (κ3) is 3.30. The molecule has 5 heteroatoms. The van der Waals surface area contributed by atoms with E-state index in [-0.39, 0.29) is 11.5 Å². The van der Waals surface area contributed by atoms with Crippen LogP contribution in [0, 0.1) is 10.1 Å². The lowest BCUT2D eigenvalue weighted by Crippen LogP contribution is -1.98. The molecular formula is C19H14N2O3. The summed E-state index contributed by atoms with van der Waals surface area (Å²) in [5.74, 6) is -0.174. The topological polar surface area (TPSA) is 72.2 Å². The van der Waals surface area contributed by atoms with E-state index >= 15 is 0 Å². The SMILES string of the molecule is O=C(/C=C\Nc1ccccc1[N+](=O)[O-])c1ccc2ccccc2c1. The summed E-state index contributed by atoms with van der Waals surface area (Å²) >= 11 is 0. The van der Waals surface area contributed by atoms with E-state index in [2.05, 4.69) is 5.32 Å². The van der Waals surface area contributed by atoms with Crippen LogP contribution in [-0.4, -0.2) is 10.7 Å². The first kappa shape index (κ1) is 15.4. The fraction of sp³-hybridized carbons (Fsp3) is 0. The van der Waals surface area contributed by atoms with Gasteiger partial charge in [0.25, 0.3) is 5.69 Å². The van der Waals surface area contributed by atoms with Gasteiger partial charge in [0.05, 0.1) is 4.92 Å². The van der Waals surface area contributed by atoms with E-state index in [1.165, 1.54) is 18.3 Å². The van der Waals surface area contributed by atoms with Crippen molar-refractivity contribution in [3.8, 4) is 0 Å². The summed E-state index contributed by atoms with van der Waals surface area (Å²) in [5.41, 5.74) is 0.861. The summed E-state index contributed by atoms with van der Waals surface area (Å²) in [4.78, 5) is 22.7. The minimum Gasteiger partial charge on any atom is -0.356 e. The van der Waals surface area contributed by atoms with Gasteiger partial charge in [0.15, 0.2) is 5.78 Å². The summed E-state index contributed by atoms with van der Waals surface area (Å²) in [6.45, 7) is 0. The Bertz CT molecular complexity index is 948. The quantitative estimate of drug-likeness (QED) is 0.324. The zero-order valence-corrected chi connectivity index (χ0v) is 12.7. The molecule has 0 unspecified atom stereocenters. The largest absolute Gasteiger partial charge is 0.356 e. The number of anilines is 1. The van der Waals surface area contributed by atoms with Gasteiger partial charge in [-0.3, -0.25) is 14.9 Å². The van der Waals surface area contributed by atoms with Gasteiger partial charge >= 0.3 is 0 Å². The first-order chi connectivity index (χ1) is 11.6. The summed E-state index contributed by atoms with van der Waals surface area (Å²) in [5, 5.41) is 15.8. The number of fused-ring (bicyclic) bond motifs is 1. The van der Waals surface area contributed by atoms with E-state index < -0.39 is 4.92 Å². The minimum atomic E-state index is -0.471. The van der Waals surface area contributed by atoms with Gasteiger partial charge < -0.3 is 5.32 Å². The van der Waals surface area contributed by atoms with Gasteiger partial charge in [-0.1, -0.05) is 48.5 Å². The Balaban J connectivity index is 1.76. The van der Waals surface area contributed by atoms with Gasteiger partial charge in [-0.05, 0) is 22.9 Å². The first-order valence-corrected chi connectivity index (χ1v) is 7.35. The van der Waals surface area contributed by atoms with Crippen molar-refractivity contribution in [1.82, 2.24) is 0 Å². The third-order valence-electron chi connectivity index (χ3n) is 3.61. The summed E-state index contributed by atoms with van der Waals surface area (Å²) in [6.07, 6.45) is 2.78. The molecule has 3 rings (SSSR count). The monoisotopic (exact) mass is 318 g/mol. The van der Waals surface area contributed by atoms with Crippen LogP contribution in [0.3, 0.4) is 0 Å². The number of benzene rings is 3. The number of nitrogens with zero attached hydrogens (tertiary/aromatic N) is 1. The number of hydrogen-bond acceptors (Lipinski definition) is 4. The molecule has 0 radical (unpaired) electrons. The standard InChI is InChI=1S/C19H14N2O3/c22-19(16-10-9-14-5-1-2-6-15(14)13-16)11-12-20-17-7-3-4-8-18(17)21(23)24/h1-13,20H/b12-11-. The smallest absolute Gasteiger partial charge is 0.292 e. The molecule has 0 spiro atoms. The predicted molar refractivity (Wildman–Crippen MR) is 94.1 cm³/mol. The predicted octanol–water partition coefficient (Wildman–Crippen LogP) is 4.56. The van der Waals surface area contributed by atoms with Gasteiger partial charge in [-0.15, -0.1) is 0 Å². The molecule has 3 aromatic rings. The van der Waals surface area contributed by atoms with Crippen molar-refractivity contribution in [2.45, 2.75) is 0 Å². The van der Waals surface area contributed by atoms with Crippen molar-refractivity contribution in [2.24, 2.45) is 0 Å². The maximum absolute atomic E-state index is 12.2. The molecule has 0 aliphatic heterocycles. The number of nitrogens with one attached hydrogen (secondary N) is 1. The zero-order valence-electron chi connectivity index (χ0n) is 12.7. The molecule has 118 valence electrons. The van der Waals surface area contributed by atoms with Crippen molar-refractivity contribution >= 4 is 27.9 Å². The van der Waals surface area contributed by atoms with Gasteiger partial charge in [0.2, 0.25) is 0 Å². The maximum atomic E-state index is 12.2. The van der Waals surface area contributed by atoms with Crippen LogP contribution < -0.4 is 5.32 Å². The normalized spacial score (nSPS) is 10.8. The second kappa shape index (κ2) is 6.75. The molecule has 0 saturated heterocycles. The van der Waals surface area contributed by atoms with Crippen LogP contribution in [0.1, 0.15) is 10.4 Å². The van der Waals surface area contributed by atoms with Crippen LogP contribution in [0.25, 0.3) is 10.8 Å². The molecule has 0 aliphatic carbocycles.